The van der Waals surface area contributed by atoms with Crippen molar-refractivity contribution in [2.75, 3.05) is 0 Å². The Bertz CT molecular complexity index is 564. The summed E-state index contributed by atoms with van der Waals surface area (Å²) in [6.07, 6.45) is 4.95. The van der Waals surface area contributed by atoms with Crippen LogP contribution in [0.1, 0.15) is 36.2 Å². The Hall–Kier alpha value is -2.37. The summed E-state index contributed by atoms with van der Waals surface area (Å²) in [7, 11) is 0. The van der Waals surface area contributed by atoms with Crippen molar-refractivity contribution in [2.45, 2.75) is 26.5 Å². The molecule has 0 fully saturated rings. The molecule has 6 heteroatoms. The van der Waals surface area contributed by atoms with Gasteiger partial charge in [0.05, 0.1) is 11.9 Å². The Morgan fingerprint density at radius 1 is 1.53 bits per heavy atom. The van der Waals surface area contributed by atoms with E-state index in [0.717, 1.165) is 0 Å². The quantitative estimate of drug-likeness (QED) is 0.892. The third-order valence-electron chi connectivity index (χ3n) is 2.55. The van der Waals surface area contributed by atoms with E-state index in [9.17, 15) is 4.79 Å². The maximum Gasteiger partial charge on any atom is 0.372 e. The van der Waals surface area contributed by atoms with Crippen LogP contribution in [0.25, 0.3) is 0 Å². The van der Waals surface area contributed by atoms with Crippen molar-refractivity contribution in [3.05, 3.63) is 42.2 Å². The number of carboxylic acid groups (broad SMARTS) is 1. The Morgan fingerprint density at radius 2 is 2.32 bits per heavy atom. The minimum atomic E-state index is -1.04. The second-order valence-corrected chi connectivity index (χ2v) is 4.34. The Labute approximate surface area is 110 Å². The number of hydrogen-bond acceptors (Lipinski definition) is 4. The zero-order valence-corrected chi connectivity index (χ0v) is 10.8. The van der Waals surface area contributed by atoms with Crippen LogP contribution >= 0.6 is 0 Å². The van der Waals surface area contributed by atoms with Gasteiger partial charge in [-0.1, -0.05) is 0 Å². The average Bonchev–Trinajstić information content (AvgIpc) is 2.82. The van der Waals surface area contributed by atoms with Crippen molar-refractivity contribution in [2.24, 2.45) is 0 Å². The molecule has 1 N–H and O–H groups in total. The Kier molecular flexibility index (Phi) is 3.79. The van der Waals surface area contributed by atoms with Crippen LogP contribution in [0.2, 0.25) is 0 Å². The first-order valence-corrected chi connectivity index (χ1v) is 5.92. The molecule has 19 heavy (non-hydrogen) atoms. The molecule has 0 aliphatic rings. The number of rotatable bonds is 5. The number of carboxylic acids is 1. The normalized spacial score (nSPS) is 10.7. The van der Waals surface area contributed by atoms with E-state index in [4.69, 9.17) is 9.84 Å². The molecule has 0 amide bonds. The predicted molar refractivity (Wildman–Crippen MR) is 68.1 cm³/mol. The lowest BCUT2D eigenvalue weighted by Gasteiger charge is -2.07. The topological polar surface area (TPSA) is 77.2 Å². The first-order chi connectivity index (χ1) is 9.08. The van der Waals surface area contributed by atoms with Crippen LogP contribution < -0.4 is 4.74 Å². The molecule has 2 aromatic heterocycles. The molecule has 0 saturated carbocycles. The lowest BCUT2D eigenvalue weighted by molar-refractivity contribution is 0.0676. The maximum absolute atomic E-state index is 11.1. The van der Waals surface area contributed by atoms with Crippen molar-refractivity contribution in [1.29, 1.82) is 0 Å². The summed E-state index contributed by atoms with van der Waals surface area (Å²) in [6, 6.07) is 3.58. The Balaban J connectivity index is 2.13. The van der Waals surface area contributed by atoms with Crippen LogP contribution in [0.15, 0.2) is 30.7 Å². The van der Waals surface area contributed by atoms with Gasteiger partial charge in [0.1, 0.15) is 12.4 Å². The van der Waals surface area contributed by atoms with E-state index in [1.807, 2.05) is 13.8 Å². The van der Waals surface area contributed by atoms with Gasteiger partial charge in [-0.3, -0.25) is 4.98 Å². The third kappa shape index (κ3) is 3.09. The van der Waals surface area contributed by atoms with Gasteiger partial charge in [-0.2, -0.15) is 0 Å². The maximum atomic E-state index is 11.1. The molecular formula is C13H15N3O3. The van der Waals surface area contributed by atoms with Gasteiger partial charge < -0.3 is 14.4 Å². The number of ether oxygens (including phenoxy) is 1. The second-order valence-electron chi connectivity index (χ2n) is 4.34. The van der Waals surface area contributed by atoms with Crippen LogP contribution in [0.3, 0.4) is 0 Å². The van der Waals surface area contributed by atoms with Crippen molar-refractivity contribution in [3.63, 3.8) is 0 Å². The highest BCUT2D eigenvalue weighted by atomic mass is 16.5. The smallest absolute Gasteiger partial charge is 0.372 e. The zero-order chi connectivity index (χ0) is 13.8. The van der Waals surface area contributed by atoms with Crippen molar-refractivity contribution < 1.29 is 14.6 Å². The van der Waals surface area contributed by atoms with E-state index in [-0.39, 0.29) is 18.5 Å². The van der Waals surface area contributed by atoms with Crippen LogP contribution in [0.5, 0.6) is 5.75 Å². The van der Waals surface area contributed by atoms with E-state index >= 15 is 0 Å². The largest absolute Gasteiger partial charge is 0.486 e. The van der Waals surface area contributed by atoms with Gasteiger partial charge in [-0.05, 0) is 26.0 Å². The fourth-order valence-corrected chi connectivity index (χ4v) is 1.66. The van der Waals surface area contributed by atoms with Crippen molar-refractivity contribution >= 4 is 5.97 Å². The molecule has 6 nitrogen and oxygen atoms in total. The van der Waals surface area contributed by atoms with Gasteiger partial charge in [0.25, 0.3) is 0 Å². The van der Waals surface area contributed by atoms with Gasteiger partial charge in [-0.15, -0.1) is 0 Å². The Morgan fingerprint density at radius 3 is 2.84 bits per heavy atom. The minimum Gasteiger partial charge on any atom is -0.486 e. The molecule has 0 saturated heterocycles. The number of imidazole rings is 1. The van der Waals surface area contributed by atoms with Crippen molar-refractivity contribution in [3.8, 4) is 5.75 Å². The highest BCUT2D eigenvalue weighted by molar-refractivity contribution is 5.83. The number of aromatic carboxylic acids is 1. The van der Waals surface area contributed by atoms with Crippen molar-refractivity contribution in [1.82, 2.24) is 14.5 Å². The molecule has 100 valence electrons. The fourth-order valence-electron chi connectivity index (χ4n) is 1.66. The van der Waals surface area contributed by atoms with Crippen LogP contribution in [0.4, 0.5) is 0 Å². The molecule has 2 heterocycles. The summed E-state index contributed by atoms with van der Waals surface area (Å²) < 4.78 is 7.10. The van der Waals surface area contributed by atoms with E-state index in [0.29, 0.717) is 11.4 Å². The number of aromatic nitrogens is 3. The second kappa shape index (κ2) is 5.51. The number of pyridine rings is 1. The zero-order valence-electron chi connectivity index (χ0n) is 10.8. The van der Waals surface area contributed by atoms with Gasteiger partial charge in [0.15, 0.2) is 0 Å². The molecule has 2 aromatic rings. The summed E-state index contributed by atoms with van der Waals surface area (Å²) >= 11 is 0. The number of carbonyl (C=O) groups is 1. The fraction of sp³-hybridized carbons (Fsp3) is 0.308. The van der Waals surface area contributed by atoms with Gasteiger partial charge in [0, 0.05) is 18.4 Å². The van der Waals surface area contributed by atoms with Crippen LogP contribution in [-0.2, 0) is 6.61 Å². The van der Waals surface area contributed by atoms with Gasteiger partial charge in [-0.25, -0.2) is 9.78 Å². The number of nitrogens with zero attached hydrogens (tertiary/aromatic N) is 3. The summed E-state index contributed by atoms with van der Waals surface area (Å²) in [5.74, 6) is -0.389. The van der Waals surface area contributed by atoms with Gasteiger partial charge >= 0.3 is 5.97 Å². The first-order valence-electron chi connectivity index (χ1n) is 5.92. The SMILES string of the molecule is CC(C)n1cc(COc2cccnc2)nc1C(=O)O. The minimum absolute atomic E-state index is 0.0276. The molecule has 0 aliphatic carbocycles. The molecule has 0 radical (unpaired) electrons. The first kappa shape index (κ1) is 13.1. The van der Waals surface area contributed by atoms with E-state index in [1.165, 1.54) is 0 Å². The van der Waals surface area contributed by atoms with E-state index in [2.05, 4.69) is 9.97 Å². The highest BCUT2D eigenvalue weighted by Crippen LogP contribution is 2.14. The van der Waals surface area contributed by atoms with Crippen LogP contribution in [-0.4, -0.2) is 25.6 Å². The molecule has 2 rings (SSSR count). The molecule has 0 aromatic carbocycles. The summed E-state index contributed by atoms with van der Waals surface area (Å²) in [5.41, 5.74) is 0.579. The standard InChI is InChI=1S/C13H15N3O3/c1-9(2)16-7-10(15-12(16)13(17)18)8-19-11-4-3-5-14-6-11/h3-7,9H,8H2,1-2H3,(H,17,18). The predicted octanol–water partition coefficient (Wildman–Crippen LogP) is 2.14. The highest BCUT2D eigenvalue weighted by Gasteiger charge is 2.16. The lowest BCUT2D eigenvalue weighted by atomic mass is 10.4. The number of hydrogen-bond donors (Lipinski definition) is 1. The molecule has 0 atom stereocenters. The molecular weight excluding hydrogens is 246 g/mol. The monoisotopic (exact) mass is 261 g/mol. The van der Waals surface area contributed by atoms with Gasteiger partial charge in [0.2, 0.25) is 5.82 Å². The lowest BCUT2D eigenvalue weighted by Crippen LogP contribution is -2.10. The molecule has 0 unspecified atom stereocenters. The van der Waals surface area contributed by atoms with E-state index in [1.54, 1.807) is 35.3 Å². The summed E-state index contributed by atoms with van der Waals surface area (Å²) in [4.78, 5) is 19.1. The van der Waals surface area contributed by atoms with Crippen LogP contribution in [0, 0.1) is 0 Å². The molecule has 0 spiro atoms. The van der Waals surface area contributed by atoms with E-state index < -0.39 is 5.97 Å². The molecule has 0 bridgehead atoms. The third-order valence-corrected chi connectivity index (χ3v) is 2.55. The molecule has 0 aliphatic heterocycles. The average molecular weight is 261 g/mol. The summed E-state index contributed by atoms with van der Waals surface area (Å²) in [5, 5.41) is 9.08. The summed E-state index contributed by atoms with van der Waals surface area (Å²) in [6.45, 7) is 4.02.